The third kappa shape index (κ3) is 6.65. The van der Waals surface area contributed by atoms with Crippen LogP contribution in [-0.2, 0) is 5.41 Å². The summed E-state index contributed by atoms with van der Waals surface area (Å²) in [5, 5.41) is 0. The van der Waals surface area contributed by atoms with Gasteiger partial charge in [-0.3, -0.25) is 0 Å². The van der Waals surface area contributed by atoms with Gasteiger partial charge in [-0.15, -0.1) is 0 Å². The molecule has 0 atom stereocenters. The summed E-state index contributed by atoms with van der Waals surface area (Å²) in [5.41, 5.74) is 13.5. The Balaban J connectivity index is 0.973. The van der Waals surface area contributed by atoms with Crippen molar-refractivity contribution in [2.75, 3.05) is 0 Å². The van der Waals surface area contributed by atoms with Crippen molar-refractivity contribution in [2.45, 2.75) is 5.41 Å². The van der Waals surface area contributed by atoms with Crippen LogP contribution in [0.2, 0.25) is 0 Å². The topological polar surface area (TPSA) is 47.9 Å². The number of ether oxygens (including phenoxy) is 1. The summed E-state index contributed by atoms with van der Waals surface area (Å²) in [6.07, 6.45) is 0. The Kier molecular flexibility index (Phi) is 9.36. The molecule has 1 aliphatic rings. The smallest absolute Gasteiger partial charge is 0.164 e. The van der Waals surface area contributed by atoms with Gasteiger partial charge in [0.1, 0.15) is 11.5 Å². The van der Waals surface area contributed by atoms with E-state index in [0.717, 1.165) is 67.1 Å². The van der Waals surface area contributed by atoms with E-state index in [1.54, 1.807) is 0 Å². The second kappa shape index (κ2) is 15.8. The van der Waals surface area contributed by atoms with Crippen LogP contribution in [0.25, 0.3) is 67.5 Å². The van der Waals surface area contributed by atoms with Crippen molar-refractivity contribution in [3.63, 3.8) is 0 Å². The van der Waals surface area contributed by atoms with Crippen molar-refractivity contribution < 1.29 is 4.74 Å². The lowest BCUT2D eigenvalue weighted by molar-refractivity contribution is 0.435. The van der Waals surface area contributed by atoms with Crippen LogP contribution in [0.15, 0.2) is 237 Å². The van der Waals surface area contributed by atoms with Gasteiger partial charge in [0.25, 0.3) is 0 Å². The highest BCUT2D eigenvalue weighted by atomic mass is 16.5. The fourth-order valence-electron chi connectivity index (χ4n) is 8.90. The highest BCUT2D eigenvalue weighted by Crippen LogP contribution is 2.55. The average Bonchev–Trinajstić information content (AvgIpc) is 3.36. The molecule has 4 heteroatoms. The number of benzene rings is 9. The molecule has 11 rings (SSSR count). The van der Waals surface area contributed by atoms with E-state index in [9.17, 15) is 0 Å². The maximum atomic E-state index is 6.81. The van der Waals surface area contributed by atoms with E-state index in [2.05, 4.69) is 200 Å². The number of aromatic nitrogens is 3. The molecule has 0 bridgehead atoms. The summed E-state index contributed by atoms with van der Waals surface area (Å²) in [4.78, 5) is 15.1. The van der Waals surface area contributed by atoms with E-state index in [1.807, 2.05) is 36.4 Å². The largest absolute Gasteiger partial charge is 0.457 e. The summed E-state index contributed by atoms with van der Waals surface area (Å²) in [6.45, 7) is 0. The van der Waals surface area contributed by atoms with Crippen molar-refractivity contribution >= 4 is 0 Å². The van der Waals surface area contributed by atoms with Gasteiger partial charge in [-0.05, 0) is 68.8 Å². The second-order valence-corrected chi connectivity index (χ2v) is 15.6. The lowest BCUT2D eigenvalue weighted by Crippen LogP contribution is -2.34. The van der Waals surface area contributed by atoms with E-state index < -0.39 is 5.41 Å². The third-order valence-corrected chi connectivity index (χ3v) is 11.9. The van der Waals surface area contributed by atoms with Crippen LogP contribution < -0.4 is 4.74 Å². The predicted octanol–water partition coefficient (Wildman–Crippen LogP) is 14.4. The van der Waals surface area contributed by atoms with Crippen LogP contribution in [0.5, 0.6) is 11.5 Å². The molecule has 62 heavy (non-hydrogen) atoms. The molecule has 10 aromatic rings. The molecule has 0 amide bonds. The van der Waals surface area contributed by atoms with Gasteiger partial charge in [-0.1, -0.05) is 212 Å². The van der Waals surface area contributed by atoms with Gasteiger partial charge in [0.05, 0.1) is 5.41 Å². The van der Waals surface area contributed by atoms with Crippen LogP contribution in [0.4, 0.5) is 0 Å². The van der Waals surface area contributed by atoms with Crippen molar-refractivity contribution in [3.8, 4) is 79.0 Å². The van der Waals surface area contributed by atoms with Crippen molar-refractivity contribution in [1.29, 1.82) is 0 Å². The Morgan fingerprint density at radius 1 is 0.258 bits per heavy atom. The van der Waals surface area contributed by atoms with Crippen molar-refractivity contribution in [3.05, 3.63) is 259 Å². The molecule has 2 heterocycles. The molecule has 0 aliphatic carbocycles. The van der Waals surface area contributed by atoms with Crippen LogP contribution >= 0.6 is 0 Å². The summed E-state index contributed by atoms with van der Waals surface area (Å²) >= 11 is 0. The predicted molar refractivity (Wildman–Crippen MR) is 251 cm³/mol. The number of rotatable bonds is 8. The summed E-state index contributed by atoms with van der Waals surface area (Å²) < 4.78 is 6.81. The van der Waals surface area contributed by atoms with Gasteiger partial charge in [0.2, 0.25) is 0 Å². The molecule has 0 N–H and O–H groups in total. The Morgan fingerprint density at radius 2 is 0.629 bits per heavy atom. The quantitative estimate of drug-likeness (QED) is 0.154. The Bertz CT molecular complexity index is 3150. The minimum absolute atomic E-state index is 0.561. The van der Waals surface area contributed by atoms with Crippen LogP contribution in [0.1, 0.15) is 22.3 Å². The van der Waals surface area contributed by atoms with E-state index >= 15 is 0 Å². The van der Waals surface area contributed by atoms with Crippen molar-refractivity contribution in [1.82, 2.24) is 15.0 Å². The first-order valence-electron chi connectivity index (χ1n) is 20.9. The number of hydrogen-bond acceptors (Lipinski definition) is 4. The minimum atomic E-state index is -0.561. The number of nitrogens with zero attached hydrogens (tertiary/aromatic N) is 3. The third-order valence-electron chi connectivity index (χ3n) is 11.9. The molecule has 0 unspecified atom stereocenters. The van der Waals surface area contributed by atoms with Gasteiger partial charge in [0, 0.05) is 27.8 Å². The second-order valence-electron chi connectivity index (χ2n) is 15.6. The molecule has 0 saturated carbocycles. The number of hydrogen-bond donors (Lipinski definition) is 0. The molecule has 4 nitrogen and oxygen atoms in total. The van der Waals surface area contributed by atoms with E-state index in [1.165, 1.54) is 16.7 Å². The zero-order valence-electron chi connectivity index (χ0n) is 33.8. The zero-order chi connectivity index (χ0) is 41.3. The summed E-state index contributed by atoms with van der Waals surface area (Å²) in [6, 6.07) is 82.8. The normalized spacial score (nSPS) is 12.5. The van der Waals surface area contributed by atoms with E-state index in [4.69, 9.17) is 19.7 Å². The van der Waals surface area contributed by atoms with Gasteiger partial charge in [-0.25, -0.2) is 15.0 Å². The van der Waals surface area contributed by atoms with Crippen LogP contribution in [0.3, 0.4) is 0 Å². The summed E-state index contributed by atoms with van der Waals surface area (Å²) in [7, 11) is 0. The molecule has 0 radical (unpaired) electrons. The molecule has 292 valence electrons. The fourth-order valence-corrected chi connectivity index (χ4v) is 8.90. The highest BCUT2D eigenvalue weighted by molar-refractivity contribution is 5.79. The van der Waals surface area contributed by atoms with Gasteiger partial charge < -0.3 is 4.74 Å². The molecule has 9 aromatic carbocycles. The first kappa shape index (κ1) is 36.8. The van der Waals surface area contributed by atoms with E-state index in [0.29, 0.717) is 17.5 Å². The maximum absolute atomic E-state index is 6.81. The average molecular weight is 794 g/mol. The highest BCUT2D eigenvalue weighted by Gasteiger charge is 2.45. The van der Waals surface area contributed by atoms with Crippen LogP contribution in [-0.4, -0.2) is 15.0 Å². The molecule has 1 aromatic heterocycles. The van der Waals surface area contributed by atoms with Crippen LogP contribution in [0, 0.1) is 0 Å². The molecule has 0 spiro atoms. The van der Waals surface area contributed by atoms with Crippen molar-refractivity contribution in [2.24, 2.45) is 0 Å². The zero-order valence-corrected chi connectivity index (χ0v) is 33.8. The van der Waals surface area contributed by atoms with E-state index in [-0.39, 0.29) is 0 Å². The monoisotopic (exact) mass is 793 g/mol. The molecule has 0 fully saturated rings. The first-order valence-corrected chi connectivity index (χ1v) is 20.9. The van der Waals surface area contributed by atoms with Gasteiger partial charge >= 0.3 is 0 Å². The Morgan fingerprint density at radius 3 is 1.23 bits per heavy atom. The number of fused-ring (bicyclic) bond motifs is 2. The number of para-hydroxylation sites is 1. The van der Waals surface area contributed by atoms with Gasteiger partial charge in [0.15, 0.2) is 17.5 Å². The molecular weight excluding hydrogens is 755 g/mol. The molecule has 0 saturated heterocycles. The minimum Gasteiger partial charge on any atom is -0.457 e. The lowest BCUT2D eigenvalue weighted by Gasteiger charge is -2.41. The Labute approximate surface area is 361 Å². The maximum Gasteiger partial charge on any atom is 0.164 e. The Hall–Kier alpha value is -8.21. The molecular formula is C58H39N3O. The van der Waals surface area contributed by atoms with Gasteiger partial charge in [-0.2, -0.15) is 0 Å². The fraction of sp³-hybridized carbons (Fsp3) is 0.0172. The summed E-state index contributed by atoms with van der Waals surface area (Å²) in [5.74, 6) is 3.58. The lowest BCUT2D eigenvalue weighted by atomic mass is 9.63. The SMILES string of the molecule is c1ccc(-c2ccc(-c3nc(-c4ccccc4)nc(-c4cccc(-c5cccc(-c6ccc7c(c6)Oc6ccccc6C7(c6ccccc6)c6ccccc6)c5)c4)n3)cc2)cc1. The first-order chi connectivity index (χ1) is 30.7. The standard InChI is InChI=1S/C58H39N3O/c1-5-17-40(18-6-1)41-31-33-43(34-32-41)56-59-55(42-19-7-2-8-20-42)60-57(61-56)48-24-16-23-46(38-48)44-21-15-22-45(37-44)47-35-36-52-54(39-47)62-53-30-14-13-29-51(53)58(52,49-25-9-3-10-26-49)50-27-11-4-12-28-50/h1-39H. The molecule has 1 aliphatic heterocycles.